The van der Waals surface area contributed by atoms with Crippen molar-refractivity contribution in [1.82, 2.24) is 9.80 Å². The number of carbonyl (C=O) groups excluding carboxylic acids is 2. The first-order valence-corrected chi connectivity index (χ1v) is 11.9. The molecule has 0 bridgehead atoms. The lowest BCUT2D eigenvalue weighted by Crippen LogP contribution is -2.35. The van der Waals surface area contributed by atoms with E-state index in [-0.39, 0.29) is 11.3 Å². The molecule has 1 N–H and O–H groups in total. The van der Waals surface area contributed by atoms with Crippen molar-refractivity contribution in [3.8, 4) is 5.75 Å². The lowest BCUT2D eigenvalue weighted by Gasteiger charge is -2.27. The number of hydrogen-bond donors (Lipinski definition) is 1. The number of aliphatic hydroxyl groups is 1. The Morgan fingerprint density at radius 2 is 1.69 bits per heavy atom. The van der Waals surface area contributed by atoms with Gasteiger partial charge < -0.3 is 19.6 Å². The van der Waals surface area contributed by atoms with Gasteiger partial charge in [0.15, 0.2) is 0 Å². The molecule has 35 heavy (non-hydrogen) atoms. The molecule has 0 saturated carbocycles. The molecular weight excluding hydrogens is 440 g/mol. The van der Waals surface area contributed by atoms with Crippen LogP contribution in [-0.4, -0.2) is 60.4 Å². The van der Waals surface area contributed by atoms with E-state index in [4.69, 9.17) is 4.74 Å². The summed E-state index contributed by atoms with van der Waals surface area (Å²) in [5.74, 6) is -0.360. The van der Waals surface area contributed by atoms with Crippen LogP contribution in [0.15, 0.2) is 72.3 Å². The fourth-order valence-electron chi connectivity index (χ4n) is 4.36. The number of fused-ring (bicyclic) bond motifs is 1. The number of rotatable bonds is 8. The minimum absolute atomic E-state index is 0.112. The quantitative estimate of drug-likeness (QED) is 0.288. The highest BCUT2D eigenvalue weighted by Gasteiger charge is 2.46. The molecule has 6 nitrogen and oxygen atoms in total. The van der Waals surface area contributed by atoms with E-state index in [1.54, 1.807) is 29.2 Å². The summed E-state index contributed by atoms with van der Waals surface area (Å²) in [6.07, 6.45) is 0. The van der Waals surface area contributed by atoms with Crippen molar-refractivity contribution >= 4 is 28.2 Å². The Bertz CT molecular complexity index is 1260. The highest BCUT2D eigenvalue weighted by atomic mass is 16.5. The molecule has 1 aliphatic rings. The SMILES string of the molecule is CC(C)COc1ccc(/C(O)=C2/C(=O)C(=O)N(CCN(C)C)C2c2cccc3ccccc23)cc1. The molecule has 1 atom stereocenters. The first kappa shape index (κ1) is 24.5. The number of Topliss-reactive ketones (excluding diaryl/α,β-unsaturated/α-hetero) is 1. The van der Waals surface area contributed by atoms with Crippen LogP contribution in [0.5, 0.6) is 5.75 Å². The summed E-state index contributed by atoms with van der Waals surface area (Å²) in [6.45, 7) is 5.69. The largest absolute Gasteiger partial charge is 0.507 e. The summed E-state index contributed by atoms with van der Waals surface area (Å²) in [5, 5.41) is 13.3. The van der Waals surface area contributed by atoms with Gasteiger partial charge in [-0.05, 0) is 60.6 Å². The molecule has 1 saturated heterocycles. The summed E-state index contributed by atoms with van der Waals surface area (Å²) in [5.41, 5.74) is 1.40. The molecule has 1 unspecified atom stereocenters. The standard InChI is InChI=1S/C29H32N2O4/c1-19(2)18-35-22-14-12-21(13-15-22)27(32)25-26(31(17-16-30(3)4)29(34)28(25)33)24-11-7-9-20-8-5-6-10-23(20)24/h5-15,19,26,32H,16-18H2,1-4H3/b27-25-. The molecule has 0 spiro atoms. The third-order valence-electron chi connectivity index (χ3n) is 6.16. The molecule has 182 valence electrons. The molecule has 1 aliphatic heterocycles. The van der Waals surface area contributed by atoms with Gasteiger partial charge in [0.1, 0.15) is 11.5 Å². The zero-order valence-corrected chi connectivity index (χ0v) is 20.7. The number of carbonyl (C=O) groups is 2. The average molecular weight is 473 g/mol. The summed E-state index contributed by atoms with van der Waals surface area (Å²) in [4.78, 5) is 30.0. The van der Waals surface area contributed by atoms with Crippen LogP contribution in [0.4, 0.5) is 0 Å². The first-order valence-electron chi connectivity index (χ1n) is 11.9. The molecule has 3 aromatic rings. The van der Waals surface area contributed by atoms with E-state index < -0.39 is 17.7 Å². The number of likely N-dealkylation sites (N-methyl/N-ethyl adjacent to an activating group) is 1. The van der Waals surface area contributed by atoms with Crippen molar-refractivity contribution in [1.29, 1.82) is 0 Å². The predicted octanol–water partition coefficient (Wildman–Crippen LogP) is 4.86. The molecule has 0 radical (unpaired) electrons. The molecule has 3 aromatic carbocycles. The van der Waals surface area contributed by atoms with E-state index in [9.17, 15) is 14.7 Å². The fourth-order valence-corrected chi connectivity index (χ4v) is 4.36. The molecular formula is C29H32N2O4. The van der Waals surface area contributed by atoms with Crippen molar-refractivity contribution in [3.63, 3.8) is 0 Å². The van der Waals surface area contributed by atoms with Gasteiger partial charge in [0.05, 0.1) is 18.2 Å². The lowest BCUT2D eigenvalue weighted by atomic mass is 9.91. The second kappa shape index (κ2) is 10.3. The second-order valence-corrected chi connectivity index (χ2v) is 9.59. The molecule has 1 fully saturated rings. The van der Waals surface area contributed by atoms with E-state index in [1.165, 1.54) is 0 Å². The van der Waals surface area contributed by atoms with Crippen molar-refractivity contribution in [3.05, 3.63) is 83.4 Å². The number of benzene rings is 3. The molecule has 0 aromatic heterocycles. The molecule has 1 heterocycles. The maximum atomic E-state index is 13.3. The van der Waals surface area contributed by atoms with Gasteiger partial charge in [-0.3, -0.25) is 9.59 Å². The summed E-state index contributed by atoms with van der Waals surface area (Å²) >= 11 is 0. The average Bonchev–Trinajstić information content (AvgIpc) is 3.10. The van der Waals surface area contributed by atoms with Crippen molar-refractivity contribution < 1.29 is 19.4 Å². The molecule has 4 rings (SSSR count). The van der Waals surface area contributed by atoms with Crippen molar-refractivity contribution in [2.75, 3.05) is 33.8 Å². The lowest BCUT2D eigenvalue weighted by molar-refractivity contribution is -0.140. The number of amides is 1. The van der Waals surface area contributed by atoms with Gasteiger partial charge in [-0.25, -0.2) is 0 Å². The smallest absolute Gasteiger partial charge is 0.295 e. The van der Waals surface area contributed by atoms with Crippen LogP contribution in [0, 0.1) is 5.92 Å². The van der Waals surface area contributed by atoms with Crippen molar-refractivity contribution in [2.24, 2.45) is 5.92 Å². The Labute approximate surface area is 206 Å². The van der Waals surface area contributed by atoms with E-state index >= 15 is 0 Å². The molecule has 1 amide bonds. The van der Waals surface area contributed by atoms with Crippen LogP contribution in [0.1, 0.15) is 31.0 Å². The minimum Gasteiger partial charge on any atom is -0.507 e. The summed E-state index contributed by atoms with van der Waals surface area (Å²) in [7, 11) is 3.85. The monoisotopic (exact) mass is 472 g/mol. The summed E-state index contributed by atoms with van der Waals surface area (Å²) in [6, 6.07) is 20.0. The Balaban J connectivity index is 1.82. The van der Waals surface area contributed by atoms with Gasteiger partial charge in [-0.2, -0.15) is 0 Å². The minimum atomic E-state index is -0.682. The predicted molar refractivity (Wildman–Crippen MR) is 138 cm³/mol. The summed E-state index contributed by atoms with van der Waals surface area (Å²) < 4.78 is 5.74. The Morgan fingerprint density at radius 1 is 1.00 bits per heavy atom. The van der Waals surface area contributed by atoms with Gasteiger partial charge in [0.2, 0.25) is 0 Å². The third kappa shape index (κ3) is 5.08. The number of nitrogens with zero attached hydrogens (tertiary/aromatic N) is 2. The normalized spacial score (nSPS) is 17.7. The number of aliphatic hydroxyl groups excluding tert-OH is 1. The topological polar surface area (TPSA) is 70.1 Å². The third-order valence-corrected chi connectivity index (χ3v) is 6.16. The zero-order valence-electron chi connectivity index (χ0n) is 20.7. The van der Waals surface area contributed by atoms with Crippen LogP contribution in [0.3, 0.4) is 0 Å². The Hall–Kier alpha value is -3.64. The van der Waals surface area contributed by atoms with E-state index in [0.717, 1.165) is 16.3 Å². The number of ether oxygens (including phenoxy) is 1. The number of hydrogen-bond acceptors (Lipinski definition) is 5. The van der Waals surface area contributed by atoms with Gasteiger partial charge >= 0.3 is 0 Å². The second-order valence-electron chi connectivity index (χ2n) is 9.59. The van der Waals surface area contributed by atoms with Crippen LogP contribution >= 0.6 is 0 Å². The van der Waals surface area contributed by atoms with Crippen LogP contribution < -0.4 is 4.74 Å². The molecule has 6 heteroatoms. The van der Waals surface area contributed by atoms with Gasteiger partial charge in [-0.15, -0.1) is 0 Å². The fraction of sp³-hybridized carbons (Fsp3) is 0.310. The first-order chi connectivity index (χ1) is 16.8. The molecule has 0 aliphatic carbocycles. The van der Waals surface area contributed by atoms with E-state index in [0.29, 0.717) is 36.9 Å². The highest BCUT2D eigenvalue weighted by molar-refractivity contribution is 6.46. The van der Waals surface area contributed by atoms with E-state index in [2.05, 4.69) is 13.8 Å². The number of ketones is 1. The maximum Gasteiger partial charge on any atom is 0.295 e. The van der Waals surface area contributed by atoms with Crippen LogP contribution in [0.2, 0.25) is 0 Å². The Kier molecular flexibility index (Phi) is 7.22. The zero-order chi connectivity index (χ0) is 25.1. The number of likely N-dealkylation sites (tertiary alicyclic amines) is 1. The van der Waals surface area contributed by atoms with Crippen LogP contribution in [0.25, 0.3) is 16.5 Å². The van der Waals surface area contributed by atoms with E-state index in [1.807, 2.05) is 61.5 Å². The highest BCUT2D eigenvalue weighted by Crippen LogP contribution is 2.41. The van der Waals surface area contributed by atoms with Gasteiger partial charge in [0, 0.05) is 18.7 Å². The maximum absolute atomic E-state index is 13.3. The van der Waals surface area contributed by atoms with Gasteiger partial charge in [0.25, 0.3) is 11.7 Å². The van der Waals surface area contributed by atoms with Crippen molar-refractivity contribution in [2.45, 2.75) is 19.9 Å². The van der Waals surface area contributed by atoms with Crippen LogP contribution in [-0.2, 0) is 9.59 Å². The van der Waals surface area contributed by atoms with Gasteiger partial charge in [-0.1, -0.05) is 56.3 Å². The Morgan fingerprint density at radius 3 is 2.37 bits per heavy atom.